The van der Waals surface area contributed by atoms with Crippen molar-refractivity contribution in [2.24, 2.45) is 5.92 Å². The topological polar surface area (TPSA) is 71.3 Å². The normalized spacial score (nSPS) is 17.0. The van der Waals surface area contributed by atoms with Crippen molar-refractivity contribution < 1.29 is 4.79 Å². The summed E-state index contributed by atoms with van der Waals surface area (Å²) in [5.41, 5.74) is 3.48. The Morgan fingerprint density at radius 3 is 3.12 bits per heavy atom. The third-order valence-electron chi connectivity index (χ3n) is 4.68. The van der Waals surface area contributed by atoms with E-state index < -0.39 is 0 Å². The van der Waals surface area contributed by atoms with Crippen molar-refractivity contribution in [3.05, 3.63) is 65.9 Å². The van der Waals surface area contributed by atoms with E-state index in [9.17, 15) is 4.79 Å². The number of rotatable bonds is 5. The van der Waals surface area contributed by atoms with Crippen molar-refractivity contribution in [1.29, 1.82) is 0 Å². The van der Waals surface area contributed by atoms with Crippen LogP contribution >= 0.6 is 0 Å². The maximum atomic E-state index is 12.7. The Kier molecular flexibility index (Phi) is 4.43. The molecular formula is C19H21N5O. The number of hydrogen-bond donors (Lipinski definition) is 2. The first-order valence-corrected chi connectivity index (χ1v) is 8.64. The lowest BCUT2D eigenvalue weighted by atomic mass is 9.94. The molecular weight excluding hydrogens is 314 g/mol. The van der Waals surface area contributed by atoms with Crippen molar-refractivity contribution in [2.75, 3.05) is 13.1 Å². The molecule has 1 aliphatic heterocycles. The van der Waals surface area contributed by atoms with Crippen LogP contribution in [0.1, 0.15) is 28.0 Å². The molecule has 128 valence electrons. The molecule has 2 aromatic heterocycles. The second-order valence-corrected chi connectivity index (χ2v) is 6.48. The van der Waals surface area contributed by atoms with Gasteiger partial charge in [-0.3, -0.25) is 9.78 Å². The number of nitrogens with one attached hydrogen (secondary N) is 2. The summed E-state index contributed by atoms with van der Waals surface area (Å²) in [6.07, 6.45) is 9.29. The molecule has 1 amide bonds. The maximum absolute atomic E-state index is 12.7. The molecule has 6 nitrogen and oxygen atoms in total. The van der Waals surface area contributed by atoms with Crippen LogP contribution in [0.15, 0.2) is 49.1 Å². The molecule has 0 spiro atoms. The smallest absolute Gasteiger partial charge is 0.251 e. The first kappa shape index (κ1) is 15.8. The summed E-state index contributed by atoms with van der Waals surface area (Å²) < 4.78 is 1.90. The number of carbonyl (C=O) groups is 1. The third kappa shape index (κ3) is 3.53. The van der Waals surface area contributed by atoms with E-state index in [4.69, 9.17) is 0 Å². The summed E-state index contributed by atoms with van der Waals surface area (Å²) in [6.45, 7) is 2.51. The van der Waals surface area contributed by atoms with Crippen LogP contribution in [-0.2, 0) is 13.0 Å². The second-order valence-electron chi connectivity index (χ2n) is 6.48. The highest BCUT2D eigenvalue weighted by atomic mass is 16.1. The molecule has 1 atom stereocenters. The Labute approximate surface area is 146 Å². The van der Waals surface area contributed by atoms with E-state index >= 15 is 0 Å². The molecule has 1 unspecified atom stereocenters. The Bertz CT molecular complexity index is 849. The Morgan fingerprint density at radius 2 is 2.28 bits per heavy atom. The monoisotopic (exact) mass is 335 g/mol. The standard InChI is InChI=1S/C19H21N5O/c25-19(22-11-16-13-24-8-7-21-12-18(24)23-16)17-4-2-1-3-15(17)9-14-5-6-20-10-14/h1-4,7-8,12-14,20H,5-6,9-11H2,(H,22,25). The maximum Gasteiger partial charge on any atom is 0.251 e. The fourth-order valence-corrected chi connectivity index (χ4v) is 3.37. The Balaban J connectivity index is 1.45. The SMILES string of the molecule is O=C(NCc1cn2ccncc2n1)c1ccccc1CC1CCNC1. The second kappa shape index (κ2) is 7.03. The predicted octanol–water partition coefficient (Wildman–Crippen LogP) is 1.81. The van der Waals surface area contributed by atoms with Gasteiger partial charge in [0.05, 0.1) is 18.4 Å². The molecule has 3 aromatic rings. The van der Waals surface area contributed by atoms with Gasteiger partial charge in [0.25, 0.3) is 5.91 Å². The van der Waals surface area contributed by atoms with Crippen LogP contribution in [0.3, 0.4) is 0 Å². The van der Waals surface area contributed by atoms with Crippen LogP contribution in [0.4, 0.5) is 0 Å². The van der Waals surface area contributed by atoms with E-state index in [-0.39, 0.29) is 5.91 Å². The van der Waals surface area contributed by atoms with Crippen LogP contribution in [0.25, 0.3) is 5.65 Å². The number of nitrogens with zero attached hydrogens (tertiary/aromatic N) is 3. The minimum atomic E-state index is -0.0447. The molecule has 0 radical (unpaired) electrons. The van der Waals surface area contributed by atoms with Crippen LogP contribution in [0.2, 0.25) is 0 Å². The van der Waals surface area contributed by atoms with Gasteiger partial charge in [0, 0.05) is 24.2 Å². The van der Waals surface area contributed by atoms with Crippen LogP contribution in [0.5, 0.6) is 0 Å². The zero-order chi connectivity index (χ0) is 17.1. The largest absolute Gasteiger partial charge is 0.346 e. The Morgan fingerprint density at radius 1 is 1.36 bits per heavy atom. The van der Waals surface area contributed by atoms with Crippen LogP contribution in [-0.4, -0.2) is 33.4 Å². The van der Waals surface area contributed by atoms with Crippen molar-refractivity contribution in [3.63, 3.8) is 0 Å². The molecule has 1 aliphatic rings. The first-order valence-electron chi connectivity index (χ1n) is 8.64. The van der Waals surface area contributed by atoms with Crippen molar-refractivity contribution in [1.82, 2.24) is 25.0 Å². The van der Waals surface area contributed by atoms with Crippen molar-refractivity contribution in [2.45, 2.75) is 19.4 Å². The summed E-state index contributed by atoms with van der Waals surface area (Å²) in [5, 5.41) is 6.38. The van der Waals surface area contributed by atoms with Crippen LogP contribution < -0.4 is 10.6 Å². The highest BCUT2D eigenvalue weighted by Gasteiger charge is 2.18. The number of benzene rings is 1. The average molecular weight is 335 g/mol. The number of aromatic nitrogens is 3. The molecule has 6 heteroatoms. The lowest BCUT2D eigenvalue weighted by molar-refractivity contribution is 0.0949. The lowest BCUT2D eigenvalue weighted by Gasteiger charge is -2.13. The predicted molar refractivity (Wildman–Crippen MR) is 95.3 cm³/mol. The highest BCUT2D eigenvalue weighted by Crippen LogP contribution is 2.18. The minimum Gasteiger partial charge on any atom is -0.346 e. The van der Waals surface area contributed by atoms with Gasteiger partial charge in [-0.15, -0.1) is 0 Å². The van der Waals surface area contributed by atoms with Gasteiger partial charge in [0.2, 0.25) is 0 Å². The Hall–Kier alpha value is -2.73. The van der Waals surface area contributed by atoms with E-state index in [2.05, 4.69) is 26.7 Å². The molecule has 0 bridgehead atoms. The van der Waals surface area contributed by atoms with Crippen molar-refractivity contribution >= 4 is 11.6 Å². The molecule has 1 aromatic carbocycles. The average Bonchev–Trinajstić information content (AvgIpc) is 3.29. The van der Waals surface area contributed by atoms with Gasteiger partial charge in [-0.1, -0.05) is 18.2 Å². The number of carbonyl (C=O) groups excluding carboxylic acids is 1. The van der Waals surface area contributed by atoms with Crippen molar-refractivity contribution in [3.8, 4) is 0 Å². The molecule has 0 saturated carbocycles. The first-order chi connectivity index (χ1) is 12.3. The zero-order valence-electron chi connectivity index (χ0n) is 14.0. The summed E-state index contributed by atoms with van der Waals surface area (Å²) in [5.74, 6) is 0.566. The number of fused-ring (bicyclic) bond motifs is 1. The molecule has 0 aliphatic carbocycles. The summed E-state index contributed by atoms with van der Waals surface area (Å²) in [6, 6.07) is 7.88. The van der Waals surface area contributed by atoms with E-state index in [0.717, 1.165) is 42.0 Å². The molecule has 2 N–H and O–H groups in total. The molecule has 25 heavy (non-hydrogen) atoms. The third-order valence-corrected chi connectivity index (χ3v) is 4.68. The summed E-state index contributed by atoms with van der Waals surface area (Å²) in [7, 11) is 0. The summed E-state index contributed by atoms with van der Waals surface area (Å²) in [4.78, 5) is 21.2. The van der Waals surface area contributed by atoms with Gasteiger partial charge >= 0.3 is 0 Å². The number of imidazole rings is 1. The summed E-state index contributed by atoms with van der Waals surface area (Å²) >= 11 is 0. The van der Waals surface area contributed by atoms with E-state index in [1.807, 2.05) is 35.0 Å². The fourth-order valence-electron chi connectivity index (χ4n) is 3.37. The van der Waals surface area contributed by atoms with E-state index in [1.165, 1.54) is 6.42 Å². The van der Waals surface area contributed by atoms with Gasteiger partial charge in [0.1, 0.15) is 0 Å². The van der Waals surface area contributed by atoms with Crippen LogP contribution in [0, 0.1) is 5.92 Å². The quantitative estimate of drug-likeness (QED) is 0.746. The van der Waals surface area contributed by atoms with E-state index in [0.29, 0.717) is 12.5 Å². The van der Waals surface area contributed by atoms with Gasteiger partial charge in [-0.25, -0.2) is 4.98 Å². The molecule has 3 heterocycles. The van der Waals surface area contributed by atoms with Gasteiger partial charge in [-0.2, -0.15) is 0 Å². The number of hydrogen-bond acceptors (Lipinski definition) is 4. The fraction of sp³-hybridized carbons (Fsp3) is 0.316. The minimum absolute atomic E-state index is 0.0447. The van der Waals surface area contributed by atoms with Gasteiger partial charge < -0.3 is 15.0 Å². The zero-order valence-corrected chi connectivity index (χ0v) is 14.0. The molecule has 1 saturated heterocycles. The van der Waals surface area contributed by atoms with E-state index in [1.54, 1.807) is 12.4 Å². The number of amides is 1. The highest BCUT2D eigenvalue weighted by molar-refractivity contribution is 5.95. The molecule has 4 rings (SSSR count). The lowest BCUT2D eigenvalue weighted by Crippen LogP contribution is -2.24. The van der Waals surface area contributed by atoms with Gasteiger partial charge in [0.15, 0.2) is 5.65 Å². The molecule has 1 fully saturated rings. The van der Waals surface area contributed by atoms with Gasteiger partial charge in [-0.05, 0) is 43.5 Å².